The number of ether oxygens (including phenoxy) is 1. The summed E-state index contributed by atoms with van der Waals surface area (Å²) < 4.78 is 19.3. The highest BCUT2D eigenvalue weighted by Gasteiger charge is 2.25. The molecule has 0 aliphatic carbocycles. The van der Waals surface area contributed by atoms with Crippen LogP contribution in [-0.4, -0.2) is 48.8 Å². The second kappa shape index (κ2) is 7.61. The third-order valence-electron chi connectivity index (χ3n) is 4.08. The summed E-state index contributed by atoms with van der Waals surface area (Å²) in [6, 6.07) is 6.65. The van der Waals surface area contributed by atoms with E-state index in [-0.39, 0.29) is 17.3 Å². The van der Waals surface area contributed by atoms with E-state index in [0.29, 0.717) is 44.0 Å². The van der Waals surface area contributed by atoms with Crippen molar-refractivity contribution in [3.05, 3.63) is 35.5 Å². The molecule has 2 aromatic rings. The Balaban J connectivity index is 1.57. The zero-order chi connectivity index (χ0) is 18.7. The second-order valence-corrected chi connectivity index (χ2v) is 8.42. The largest absolute Gasteiger partial charge is 0.449 e. The standard InChI is InChI=1S/C19H24FN3O2S/c1-19(2,3)13-25-18(24)23-10-8-22(9-11-23)17-21-16(12-26-17)14-6-4-5-7-15(14)20/h4-7,12H,8-11,13H2,1-3H3. The summed E-state index contributed by atoms with van der Waals surface area (Å²) in [6.45, 7) is 9.08. The van der Waals surface area contributed by atoms with Crippen molar-refractivity contribution in [3.63, 3.8) is 0 Å². The van der Waals surface area contributed by atoms with Crippen LogP contribution in [0.2, 0.25) is 0 Å². The van der Waals surface area contributed by atoms with Gasteiger partial charge in [-0.25, -0.2) is 14.2 Å². The Labute approximate surface area is 157 Å². The lowest BCUT2D eigenvalue weighted by Gasteiger charge is -2.34. The van der Waals surface area contributed by atoms with Crippen molar-refractivity contribution in [1.29, 1.82) is 0 Å². The minimum atomic E-state index is -0.268. The van der Waals surface area contributed by atoms with E-state index in [1.165, 1.54) is 17.4 Å². The molecule has 1 aromatic carbocycles. The molecule has 1 aromatic heterocycles. The summed E-state index contributed by atoms with van der Waals surface area (Å²) in [4.78, 5) is 20.6. The number of anilines is 1. The fourth-order valence-corrected chi connectivity index (χ4v) is 3.53. The second-order valence-electron chi connectivity index (χ2n) is 7.58. The van der Waals surface area contributed by atoms with Crippen LogP contribution in [0.5, 0.6) is 0 Å². The molecule has 0 spiro atoms. The fourth-order valence-electron chi connectivity index (χ4n) is 2.65. The van der Waals surface area contributed by atoms with Gasteiger partial charge in [-0.3, -0.25) is 0 Å². The topological polar surface area (TPSA) is 45.7 Å². The lowest BCUT2D eigenvalue weighted by Crippen LogP contribution is -2.49. The zero-order valence-corrected chi connectivity index (χ0v) is 16.2. The Hall–Kier alpha value is -2.15. The molecule has 1 amide bonds. The molecule has 7 heteroatoms. The highest BCUT2D eigenvalue weighted by molar-refractivity contribution is 7.14. The van der Waals surface area contributed by atoms with Gasteiger partial charge >= 0.3 is 6.09 Å². The van der Waals surface area contributed by atoms with E-state index in [1.807, 2.05) is 26.2 Å². The van der Waals surface area contributed by atoms with Gasteiger partial charge in [0, 0.05) is 37.1 Å². The molecule has 1 saturated heterocycles. The normalized spacial score (nSPS) is 15.2. The Morgan fingerprint density at radius 2 is 1.92 bits per heavy atom. The SMILES string of the molecule is CC(C)(C)COC(=O)N1CCN(c2nc(-c3ccccc3F)cs2)CC1. The predicted molar refractivity (Wildman–Crippen MR) is 102 cm³/mol. The Kier molecular flexibility index (Phi) is 5.46. The maximum absolute atomic E-state index is 13.9. The molecule has 0 bridgehead atoms. The third kappa shape index (κ3) is 4.52. The van der Waals surface area contributed by atoms with Crippen molar-refractivity contribution in [2.24, 2.45) is 5.41 Å². The van der Waals surface area contributed by atoms with E-state index in [0.717, 1.165) is 5.13 Å². The van der Waals surface area contributed by atoms with Gasteiger partial charge in [0.25, 0.3) is 0 Å². The summed E-state index contributed by atoms with van der Waals surface area (Å²) in [6.07, 6.45) is -0.259. The number of hydrogen-bond acceptors (Lipinski definition) is 5. The predicted octanol–water partition coefficient (Wildman–Crippen LogP) is 4.25. The first-order valence-corrected chi connectivity index (χ1v) is 9.58. The summed E-state index contributed by atoms with van der Waals surface area (Å²) in [5, 5.41) is 2.73. The van der Waals surface area contributed by atoms with Gasteiger partial charge < -0.3 is 14.5 Å². The third-order valence-corrected chi connectivity index (χ3v) is 4.98. The molecule has 0 N–H and O–H groups in total. The van der Waals surface area contributed by atoms with Gasteiger partial charge in [-0.2, -0.15) is 0 Å². The number of thiazole rings is 1. The molecule has 26 heavy (non-hydrogen) atoms. The molecular formula is C19H24FN3O2S. The van der Waals surface area contributed by atoms with Crippen molar-refractivity contribution in [3.8, 4) is 11.3 Å². The lowest BCUT2D eigenvalue weighted by molar-refractivity contribution is 0.0708. The van der Waals surface area contributed by atoms with Gasteiger partial charge in [0.1, 0.15) is 5.82 Å². The van der Waals surface area contributed by atoms with Crippen LogP contribution in [0.15, 0.2) is 29.6 Å². The van der Waals surface area contributed by atoms with E-state index in [1.54, 1.807) is 23.1 Å². The van der Waals surface area contributed by atoms with E-state index < -0.39 is 0 Å². The van der Waals surface area contributed by atoms with Crippen LogP contribution in [0.1, 0.15) is 20.8 Å². The van der Waals surface area contributed by atoms with E-state index in [9.17, 15) is 9.18 Å². The molecule has 0 atom stereocenters. The fraction of sp³-hybridized carbons (Fsp3) is 0.474. The van der Waals surface area contributed by atoms with Crippen LogP contribution < -0.4 is 4.90 Å². The first-order valence-electron chi connectivity index (χ1n) is 8.70. The van der Waals surface area contributed by atoms with Crippen molar-refractivity contribution < 1.29 is 13.9 Å². The summed E-state index contributed by atoms with van der Waals surface area (Å²) in [5.74, 6) is -0.268. The summed E-state index contributed by atoms with van der Waals surface area (Å²) in [7, 11) is 0. The van der Waals surface area contributed by atoms with Crippen molar-refractivity contribution in [2.75, 3.05) is 37.7 Å². The van der Waals surface area contributed by atoms with Crippen molar-refractivity contribution >= 4 is 22.6 Å². The Bertz CT molecular complexity index is 764. The number of nitrogens with zero attached hydrogens (tertiary/aromatic N) is 3. The smallest absolute Gasteiger partial charge is 0.409 e. The van der Waals surface area contributed by atoms with E-state index in [4.69, 9.17) is 4.74 Å². The molecule has 3 rings (SSSR count). The summed E-state index contributed by atoms with van der Waals surface area (Å²) >= 11 is 1.50. The number of aromatic nitrogens is 1. The molecule has 2 heterocycles. The van der Waals surface area contributed by atoms with Gasteiger partial charge in [-0.05, 0) is 17.5 Å². The van der Waals surface area contributed by atoms with Crippen molar-refractivity contribution in [2.45, 2.75) is 20.8 Å². The number of rotatable bonds is 3. The van der Waals surface area contributed by atoms with Gasteiger partial charge in [-0.1, -0.05) is 32.9 Å². The molecule has 140 valence electrons. The average molecular weight is 377 g/mol. The molecule has 5 nitrogen and oxygen atoms in total. The minimum absolute atomic E-state index is 0.0402. The number of carbonyl (C=O) groups excluding carboxylic acids is 1. The van der Waals surface area contributed by atoms with Gasteiger partial charge in [0.15, 0.2) is 5.13 Å². The maximum Gasteiger partial charge on any atom is 0.409 e. The van der Waals surface area contributed by atoms with E-state index in [2.05, 4.69) is 9.88 Å². The number of hydrogen-bond donors (Lipinski definition) is 0. The van der Waals surface area contributed by atoms with Crippen LogP contribution in [0.4, 0.5) is 14.3 Å². The van der Waals surface area contributed by atoms with Gasteiger partial charge in [0.05, 0.1) is 12.3 Å². The molecule has 0 radical (unpaired) electrons. The zero-order valence-electron chi connectivity index (χ0n) is 15.4. The Morgan fingerprint density at radius 3 is 2.58 bits per heavy atom. The average Bonchev–Trinajstić information content (AvgIpc) is 3.09. The monoisotopic (exact) mass is 377 g/mol. The highest BCUT2D eigenvalue weighted by atomic mass is 32.1. The van der Waals surface area contributed by atoms with E-state index >= 15 is 0 Å². The van der Waals surface area contributed by atoms with Crippen LogP contribution in [0, 0.1) is 11.2 Å². The highest BCUT2D eigenvalue weighted by Crippen LogP contribution is 2.29. The number of piperazine rings is 1. The molecule has 1 aliphatic heterocycles. The minimum Gasteiger partial charge on any atom is -0.449 e. The number of benzene rings is 1. The lowest BCUT2D eigenvalue weighted by atomic mass is 9.99. The molecule has 0 saturated carbocycles. The van der Waals surface area contributed by atoms with Crippen molar-refractivity contribution in [1.82, 2.24) is 9.88 Å². The summed E-state index contributed by atoms with van der Waals surface area (Å²) in [5.41, 5.74) is 1.12. The van der Waals surface area contributed by atoms with Gasteiger partial charge in [-0.15, -0.1) is 11.3 Å². The molecule has 1 fully saturated rings. The van der Waals surface area contributed by atoms with Crippen LogP contribution in [0.3, 0.4) is 0 Å². The number of carbonyl (C=O) groups is 1. The number of amides is 1. The molecular weight excluding hydrogens is 353 g/mol. The van der Waals surface area contributed by atoms with Gasteiger partial charge in [0.2, 0.25) is 0 Å². The van der Waals surface area contributed by atoms with Crippen LogP contribution in [0.25, 0.3) is 11.3 Å². The Morgan fingerprint density at radius 1 is 1.23 bits per heavy atom. The number of halogens is 1. The van der Waals surface area contributed by atoms with Crippen LogP contribution in [-0.2, 0) is 4.74 Å². The molecule has 1 aliphatic rings. The first-order chi connectivity index (χ1) is 12.3. The quantitative estimate of drug-likeness (QED) is 0.802. The first kappa shape index (κ1) is 18.6. The maximum atomic E-state index is 13.9. The molecule has 0 unspecified atom stereocenters. The van der Waals surface area contributed by atoms with Crippen LogP contribution >= 0.6 is 11.3 Å².